The molecule has 0 spiro atoms. The molecule has 4 aromatic rings. The van der Waals surface area contributed by atoms with Gasteiger partial charge in [0, 0.05) is 23.3 Å². The molecule has 0 fully saturated rings. The van der Waals surface area contributed by atoms with E-state index in [4.69, 9.17) is 75.6 Å². The topological polar surface area (TPSA) is 112 Å². The van der Waals surface area contributed by atoms with Gasteiger partial charge in [-0.25, -0.2) is 9.59 Å². The molecule has 0 bridgehead atoms. The van der Waals surface area contributed by atoms with Gasteiger partial charge in [0.05, 0.1) is 31.2 Å². The standard InChI is InChI=1S/2C18H11Cl2F3O4/c2*1-8-2-3-13(11(19)4-8)26-15-7-14-9(6-12(15)20)5-10(17(24)25)16(27-14)18(21,22)23/h2*2-7,16H,1H3,(H,24,25)/t16-;/m1./s1. The summed E-state index contributed by atoms with van der Waals surface area (Å²) in [5, 5.41) is 18.8. The number of benzene rings is 4. The number of aliphatic carboxylic acids is 2. The van der Waals surface area contributed by atoms with Gasteiger partial charge in [0.15, 0.2) is 0 Å². The van der Waals surface area contributed by atoms with E-state index >= 15 is 0 Å². The molecule has 18 heteroatoms. The number of rotatable bonds is 6. The minimum Gasteiger partial charge on any atom is -0.478 e. The van der Waals surface area contributed by atoms with Crippen molar-refractivity contribution in [1.29, 1.82) is 0 Å². The summed E-state index contributed by atoms with van der Waals surface area (Å²) in [6.45, 7) is 3.66. The lowest BCUT2D eigenvalue weighted by Crippen LogP contribution is -2.40. The number of fused-ring (bicyclic) bond motifs is 2. The van der Waals surface area contributed by atoms with Crippen molar-refractivity contribution in [1.82, 2.24) is 0 Å². The maximum atomic E-state index is 13.2. The van der Waals surface area contributed by atoms with Crippen LogP contribution in [0.25, 0.3) is 12.2 Å². The highest BCUT2D eigenvalue weighted by Gasteiger charge is 2.49. The van der Waals surface area contributed by atoms with Crippen molar-refractivity contribution in [2.45, 2.75) is 38.4 Å². The van der Waals surface area contributed by atoms with E-state index in [0.717, 1.165) is 23.3 Å². The van der Waals surface area contributed by atoms with E-state index in [9.17, 15) is 35.9 Å². The first-order chi connectivity index (χ1) is 25.1. The predicted octanol–water partition coefficient (Wildman–Crippen LogP) is 11.8. The van der Waals surface area contributed by atoms with Crippen molar-refractivity contribution >= 4 is 70.5 Å². The van der Waals surface area contributed by atoms with Crippen LogP contribution in [0.2, 0.25) is 20.1 Å². The lowest BCUT2D eigenvalue weighted by molar-refractivity contribution is -0.187. The largest absolute Gasteiger partial charge is 0.478 e. The van der Waals surface area contributed by atoms with Gasteiger partial charge in [0.2, 0.25) is 12.2 Å². The van der Waals surface area contributed by atoms with E-state index in [2.05, 4.69) is 0 Å². The second-order valence-corrected chi connectivity index (χ2v) is 13.2. The molecule has 2 heterocycles. The lowest BCUT2D eigenvalue weighted by atomic mass is 10.0. The van der Waals surface area contributed by atoms with Crippen molar-refractivity contribution in [3.63, 3.8) is 0 Å². The molecular weight excluding hydrogens is 816 g/mol. The number of hydrogen-bond donors (Lipinski definition) is 2. The summed E-state index contributed by atoms with van der Waals surface area (Å²) in [4.78, 5) is 22.3. The van der Waals surface area contributed by atoms with E-state index in [1.54, 1.807) is 36.4 Å². The third-order valence-electron chi connectivity index (χ3n) is 7.51. The van der Waals surface area contributed by atoms with Gasteiger partial charge in [0.1, 0.15) is 34.5 Å². The second kappa shape index (κ2) is 15.5. The number of carboxylic acid groups (broad SMARTS) is 2. The Bertz CT molecular complexity index is 2060. The number of aryl methyl sites for hydroxylation is 2. The molecule has 0 aliphatic carbocycles. The Kier molecular flexibility index (Phi) is 11.6. The highest BCUT2D eigenvalue weighted by Crippen LogP contribution is 2.45. The zero-order chi connectivity index (χ0) is 39.9. The van der Waals surface area contributed by atoms with E-state index in [1.165, 1.54) is 24.3 Å². The maximum absolute atomic E-state index is 13.2. The van der Waals surface area contributed by atoms with Gasteiger partial charge >= 0.3 is 24.3 Å². The molecule has 8 nitrogen and oxygen atoms in total. The zero-order valence-electron chi connectivity index (χ0n) is 27.2. The summed E-state index contributed by atoms with van der Waals surface area (Å²) in [6.07, 6.45) is -13.2. The van der Waals surface area contributed by atoms with E-state index in [-0.39, 0.29) is 55.7 Å². The molecule has 4 aromatic carbocycles. The number of halogens is 10. The Morgan fingerprint density at radius 1 is 0.574 bits per heavy atom. The second-order valence-electron chi connectivity index (χ2n) is 11.6. The van der Waals surface area contributed by atoms with Gasteiger partial charge in [-0.2, -0.15) is 26.3 Å². The molecule has 0 radical (unpaired) electrons. The zero-order valence-corrected chi connectivity index (χ0v) is 30.2. The van der Waals surface area contributed by atoms with Crippen LogP contribution in [0.3, 0.4) is 0 Å². The summed E-state index contributed by atoms with van der Waals surface area (Å²) in [5.74, 6) is -3.31. The molecule has 0 saturated heterocycles. The van der Waals surface area contributed by atoms with E-state index in [1.807, 2.05) is 13.8 Å². The Morgan fingerprint density at radius 3 is 1.20 bits per heavy atom. The number of carbonyl (C=O) groups is 2. The van der Waals surface area contributed by atoms with Crippen LogP contribution in [0.4, 0.5) is 26.3 Å². The molecule has 54 heavy (non-hydrogen) atoms. The van der Waals surface area contributed by atoms with Crippen LogP contribution in [-0.4, -0.2) is 46.7 Å². The summed E-state index contributed by atoms with van der Waals surface area (Å²) < 4.78 is 100.0. The van der Waals surface area contributed by atoms with Gasteiger partial charge in [-0.15, -0.1) is 0 Å². The van der Waals surface area contributed by atoms with Crippen molar-refractivity contribution in [3.8, 4) is 34.5 Å². The van der Waals surface area contributed by atoms with Crippen molar-refractivity contribution in [3.05, 3.63) is 114 Å². The lowest BCUT2D eigenvalue weighted by Gasteiger charge is -2.27. The SMILES string of the molecule is Cc1ccc(Oc2cc3c(cc2Cl)C=C(C(=O)O)C(C(F)(F)F)O3)c(Cl)c1.Cc1ccc(Oc2cc3c(cc2Cl)C=C(C(=O)O)[C@H](C(F)(F)F)O3)c(Cl)c1. The van der Waals surface area contributed by atoms with E-state index < -0.39 is 47.6 Å². The minimum atomic E-state index is -4.90. The summed E-state index contributed by atoms with van der Waals surface area (Å²) >= 11 is 24.4. The van der Waals surface area contributed by atoms with Crippen LogP contribution in [0.5, 0.6) is 34.5 Å². The molecule has 0 saturated carbocycles. The van der Waals surface area contributed by atoms with Gasteiger partial charge < -0.3 is 29.2 Å². The average Bonchev–Trinajstić information content (AvgIpc) is 3.06. The molecule has 2 aliphatic rings. The molecule has 2 N–H and O–H groups in total. The summed E-state index contributed by atoms with van der Waals surface area (Å²) in [7, 11) is 0. The predicted molar refractivity (Wildman–Crippen MR) is 188 cm³/mol. The van der Waals surface area contributed by atoms with Crippen LogP contribution in [0, 0.1) is 13.8 Å². The molecule has 2 aliphatic heterocycles. The number of alkyl halides is 6. The van der Waals surface area contributed by atoms with E-state index in [0.29, 0.717) is 10.0 Å². The first-order valence-corrected chi connectivity index (χ1v) is 16.5. The number of ether oxygens (including phenoxy) is 4. The summed E-state index contributed by atoms with van der Waals surface area (Å²) in [6, 6.07) is 14.8. The highest BCUT2D eigenvalue weighted by atomic mass is 35.5. The van der Waals surface area contributed by atoms with Gasteiger partial charge in [-0.1, -0.05) is 58.5 Å². The Balaban J connectivity index is 0.000000208. The third kappa shape index (κ3) is 9.12. The van der Waals surface area contributed by atoms with Crippen molar-refractivity contribution < 1.29 is 65.1 Å². The molecule has 2 atom stereocenters. The number of hydrogen-bond acceptors (Lipinski definition) is 6. The van der Waals surface area contributed by atoms with Crippen molar-refractivity contribution in [2.75, 3.05) is 0 Å². The molecule has 1 unspecified atom stereocenters. The smallest absolute Gasteiger partial charge is 0.430 e. The monoisotopic (exact) mass is 836 g/mol. The van der Waals surface area contributed by atoms with Crippen LogP contribution in [-0.2, 0) is 9.59 Å². The fraction of sp³-hybridized carbons (Fsp3) is 0.167. The van der Waals surface area contributed by atoms with Crippen LogP contribution < -0.4 is 18.9 Å². The fourth-order valence-corrected chi connectivity index (χ4v) is 5.97. The molecule has 0 amide bonds. The summed E-state index contributed by atoms with van der Waals surface area (Å²) in [5.41, 5.74) is 0.126. The van der Waals surface area contributed by atoms with Gasteiger partial charge in [-0.3, -0.25) is 0 Å². The van der Waals surface area contributed by atoms with Crippen molar-refractivity contribution in [2.24, 2.45) is 0 Å². The highest BCUT2D eigenvalue weighted by molar-refractivity contribution is 6.33. The molecular formula is C36H22Cl4F6O8. The third-order valence-corrected chi connectivity index (χ3v) is 8.69. The van der Waals surface area contributed by atoms with Gasteiger partial charge in [-0.05, 0) is 73.5 Å². The Hall–Kier alpha value is -4.76. The van der Waals surface area contributed by atoms with Gasteiger partial charge in [0.25, 0.3) is 0 Å². The van der Waals surface area contributed by atoms with Crippen LogP contribution >= 0.6 is 46.4 Å². The average molecular weight is 838 g/mol. The fourth-order valence-electron chi connectivity index (χ4n) is 5.00. The normalized spacial score (nSPS) is 16.2. The molecule has 284 valence electrons. The molecule has 0 aromatic heterocycles. The maximum Gasteiger partial charge on any atom is 0.430 e. The quantitative estimate of drug-likeness (QED) is 0.185. The number of carboxylic acids is 2. The Labute approximate surface area is 321 Å². The first-order valence-electron chi connectivity index (χ1n) is 15.0. The first kappa shape index (κ1) is 40.4. The van der Waals surface area contributed by atoms with Crippen LogP contribution in [0.15, 0.2) is 71.8 Å². The Morgan fingerprint density at radius 2 is 0.907 bits per heavy atom. The molecule has 6 rings (SSSR count). The minimum absolute atomic E-state index is 0.0225. The van der Waals surface area contributed by atoms with Crippen LogP contribution in [0.1, 0.15) is 22.3 Å².